The molecule has 2 heterocycles. The number of amides is 1. The number of anilines is 1. The quantitative estimate of drug-likeness (QED) is 0.300. The minimum atomic E-state index is -4.04. The summed E-state index contributed by atoms with van der Waals surface area (Å²) in [7, 11) is -4.04. The predicted octanol–water partition coefficient (Wildman–Crippen LogP) is 6.16. The third-order valence-electron chi connectivity index (χ3n) is 7.77. The summed E-state index contributed by atoms with van der Waals surface area (Å²) < 4.78 is 50.0. The second kappa shape index (κ2) is 12.4. The number of hydrogen-bond acceptors (Lipinski definition) is 5. The van der Waals surface area contributed by atoms with Crippen LogP contribution in [0.25, 0.3) is 11.6 Å². The van der Waals surface area contributed by atoms with Crippen LogP contribution in [-0.2, 0) is 19.6 Å². The summed E-state index contributed by atoms with van der Waals surface area (Å²) in [5.74, 6) is -1.47. The van der Waals surface area contributed by atoms with Gasteiger partial charge >= 0.3 is 5.97 Å². The zero-order valence-corrected chi connectivity index (χ0v) is 25.4. The van der Waals surface area contributed by atoms with Crippen molar-refractivity contribution in [3.8, 4) is 5.75 Å². The highest BCUT2D eigenvalue weighted by atomic mass is 35.5. The van der Waals surface area contributed by atoms with Gasteiger partial charge in [0.05, 0.1) is 22.2 Å². The van der Waals surface area contributed by atoms with Gasteiger partial charge in [-0.15, -0.1) is 0 Å². The maximum atomic E-state index is 14.6. The standard InChI is InChI=1S/C32H32ClFN2O6S/c1-20-6-3-7-24(16-20)43(40,41)36-19-23(12-14-30(37)35-15-5-10-27(35)32(38)39)42-29-13-11-22(18-28(29)36)17-21(2)31-25(33)8-4-9-26(31)34/h3-4,6-9,11,13,16-18,23,27H,5,10,12,14-15,19H2,1-2H3,(H,38,39)/b21-17+/t23-,27-/m0/s1. The SMILES string of the molecule is C/C(=C\c1ccc2c(c1)N(S(=O)(=O)c1cccc(C)c1)C[C@H](CCC(=O)N1CCC[C@H]1C(=O)O)O2)c1c(F)cccc1Cl. The van der Waals surface area contributed by atoms with Crippen LogP contribution in [0.15, 0.2) is 65.6 Å². The molecule has 0 saturated carbocycles. The van der Waals surface area contributed by atoms with Crippen LogP contribution in [0.2, 0.25) is 5.02 Å². The number of carbonyl (C=O) groups excluding carboxylic acids is 1. The smallest absolute Gasteiger partial charge is 0.326 e. The number of hydrogen-bond donors (Lipinski definition) is 1. The third kappa shape index (κ3) is 6.40. The van der Waals surface area contributed by atoms with Crippen molar-refractivity contribution in [1.29, 1.82) is 0 Å². The first kappa shape index (κ1) is 30.6. The van der Waals surface area contributed by atoms with Gasteiger partial charge in [-0.3, -0.25) is 9.10 Å². The molecule has 5 rings (SSSR count). The summed E-state index contributed by atoms with van der Waals surface area (Å²) in [6.07, 6.45) is 2.33. The molecule has 3 aromatic carbocycles. The van der Waals surface area contributed by atoms with Crippen LogP contribution in [0.4, 0.5) is 10.1 Å². The molecular weight excluding hydrogens is 595 g/mol. The van der Waals surface area contributed by atoms with Crippen molar-refractivity contribution in [3.63, 3.8) is 0 Å². The number of ether oxygens (including phenoxy) is 1. The van der Waals surface area contributed by atoms with Gasteiger partial charge in [-0.2, -0.15) is 0 Å². The fourth-order valence-electron chi connectivity index (χ4n) is 5.65. The molecular formula is C32H32ClFN2O6S. The van der Waals surface area contributed by atoms with E-state index in [1.165, 1.54) is 27.4 Å². The zero-order valence-electron chi connectivity index (χ0n) is 23.8. The Morgan fingerprint density at radius 1 is 1.14 bits per heavy atom. The van der Waals surface area contributed by atoms with Gasteiger partial charge in [0.1, 0.15) is 23.7 Å². The van der Waals surface area contributed by atoms with Crippen molar-refractivity contribution >= 4 is 50.8 Å². The number of benzene rings is 3. The lowest BCUT2D eigenvalue weighted by atomic mass is 10.0. The number of aliphatic carboxylic acids is 1. The van der Waals surface area contributed by atoms with Crippen LogP contribution in [0.5, 0.6) is 5.75 Å². The van der Waals surface area contributed by atoms with Crippen LogP contribution < -0.4 is 9.04 Å². The number of halogens is 2. The van der Waals surface area contributed by atoms with E-state index in [2.05, 4.69) is 0 Å². The summed E-state index contributed by atoms with van der Waals surface area (Å²) in [5, 5.41) is 9.72. The molecule has 0 bridgehead atoms. The molecule has 2 atom stereocenters. The highest BCUT2D eigenvalue weighted by Gasteiger charge is 2.37. The Kier molecular flexibility index (Phi) is 8.80. The predicted molar refractivity (Wildman–Crippen MR) is 163 cm³/mol. The molecule has 2 aliphatic heterocycles. The van der Waals surface area contributed by atoms with Crippen LogP contribution in [-0.4, -0.2) is 55.5 Å². The number of carbonyl (C=O) groups is 2. The van der Waals surface area contributed by atoms with Gasteiger partial charge in [0.15, 0.2) is 0 Å². The lowest BCUT2D eigenvalue weighted by Gasteiger charge is -2.36. The lowest BCUT2D eigenvalue weighted by molar-refractivity contribution is -0.148. The minimum Gasteiger partial charge on any atom is -0.486 e. The molecule has 1 N–H and O–H groups in total. The first-order valence-corrected chi connectivity index (χ1v) is 15.8. The Labute approximate surface area is 255 Å². The molecule has 1 fully saturated rings. The second-order valence-corrected chi connectivity index (χ2v) is 13.1. The minimum absolute atomic E-state index is 0.0194. The topological polar surface area (TPSA) is 104 Å². The Morgan fingerprint density at radius 3 is 2.63 bits per heavy atom. The van der Waals surface area contributed by atoms with Gasteiger partial charge in [-0.05, 0) is 86.2 Å². The highest BCUT2D eigenvalue weighted by Crippen LogP contribution is 2.40. The molecule has 3 aromatic rings. The average Bonchev–Trinajstić information content (AvgIpc) is 3.46. The van der Waals surface area contributed by atoms with Gasteiger partial charge in [-0.1, -0.05) is 41.9 Å². The van der Waals surface area contributed by atoms with Gasteiger partial charge in [0.25, 0.3) is 10.0 Å². The molecule has 8 nitrogen and oxygen atoms in total. The number of fused-ring (bicyclic) bond motifs is 1. The van der Waals surface area contributed by atoms with Crippen molar-refractivity contribution in [2.24, 2.45) is 0 Å². The summed E-state index contributed by atoms with van der Waals surface area (Å²) in [6, 6.07) is 15.3. The molecule has 0 aliphatic carbocycles. The number of aryl methyl sites for hydroxylation is 1. The normalized spacial score (nSPS) is 18.7. The largest absolute Gasteiger partial charge is 0.486 e. The molecule has 2 aliphatic rings. The number of carboxylic acids is 1. The molecule has 43 heavy (non-hydrogen) atoms. The molecule has 0 aromatic heterocycles. The Bertz CT molecular complexity index is 1690. The summed E-state index contributed by atoms with van der Waals surface area (Å²) >= 11 is 6.26. The van der Waals surface area contributed by atoms with Crippen molar-refractivity contribution in [2.45, 2.75) is 56.6 Å². The van der Waals surface area contributed by atoms with E-state index in [9.17, 15) is 27.5 Å². The van der Waals surface area contributed by atoms with Crippen molar-refractivity contribution in [1.82, 2.24) is 4.90 Å². The number of carboxylic acid groups (broad SMARTS) is 1. The molecule has 0 spiro atoms. The lowest BCUT2D eigenvalue weighted by Crippen LogP contribution is -2.45. The average molecular weight is 627 g/mol. The molecule has 11 heteroatoms. The van der Waals surface area contributed by atoms with E-state index in [1.807, 2.05) is 13.0 Å². The third-order valence-corrected chi connectivity index (χ3v) is 9.86. The number of allylic oxidation sites excluding steroid dienone is 1. The Balaban J connectivity index is 1.47. The molecule has 0 unspecified atom stereocenters. The van der Waals surface area contributed by atoms with Crippen LogP contribution in [0, 0.1) is 12.7 Å². The summed E-state index contributed by atoms with van der Waals surface area (Å²) in [4.78, 5) is 26.0. The van der Waals surface area contributed by atoms with Crippen LogP contribution in [0.3, 0.4) is 0 Å². The van der Waals surface area contributed by atoms with Gasteiger partial charge in [-0.25, -0.2) is 17.6 Å². The first-order chi connectivity index (χ1) is 20.5. The first-order valence-electron chi connectivity index (χ1n) is 14.0. The number of nitrogens with zero attached hydrogens (tertiary/aromatic N) is 2. The Hall–Kier alpha value is -3.89. The van der Waals surface area contributed by atoms with Crippen LogP contribution in [0.1, 0.15) is 49.3 Å². The van der Waals surface area contributed by atoms with E-state index < -0.39 is 34.0 Å². The van der Waals surface area contributed by atoms with E-state index in [-0.39, 0.29) is 40.8 Å². The number of likely N-dealkylation sites (tertiary alicyclic amines) is 1. The van der Waals surface area contributed by atoms with E-state index in [0.717, 1.165) is 5.56 Å². The van der Waals surface area contributed by atoms with E-state index in [4.69, 9.17) is 16.3 Å². The molecule has 226 valence electrons. The molecule has 0 radical (unpaired) electrons. The Morgan fingerprint density at radius 2 is 1.91 bits per heavy atom. The van der Waals surface area contributed by atoms with Gasteiger partial charge in [0, 0.05) is 18.5 Å². The molecule has 1 amide bonds. The fraction of sp³-hybridized carbons (Fsp3) is 0.312. The zero-order chi connectivity index (χ0) is 30.9. The van der Waals surface area contributed by atoms with E-state index in [0.29, 0.717) is 42.0 Å². The van der Waals surface area contributed by atoms with E-state index >= 15 is 0 Å². The fourth-order valence-corrected chi connectivity index (χ4v) is 7.56. The van der Waals surface area contributed by atoms with Crippen molar-refractivity contribution in [3.05, 3.63) is 88.2 Å². The van der Waals surface area contributed by atoms with E-state index in [1.54, 1.807) is 49.4 Å². The van der Waals surface area contributed by atoms with Gasteiger partial charge in [0.2, 0.25) is 5.91 Å². The number of sulfonamides is 1. The maximum Gasteiger partial charge on any atom is 0.326 e. The highest BCUT2D eigenvalue weighted by molar-refractivity contribution is 7.92. The van der Waals surface area contributed by atoms with Gasteiger partial charge < -0.3 is 14.7 Å². The number of rotatable bonds is 8. The summed E-state index contributed by atoms with van der Waals surface area (Å²) in [6.45, 7) is 3.86. The van der Waals surface area contributed by atoms with Crippen molar-refractivity contribution < 1.29 is 32.2 Å². The summed E-state index contributed by atoms with van der Waals surface area (Å²) in [5.41, 5.74) is 2.53. The monoisotopic (exact) mass is 626 g/mol. The molecule has 1 saturated heterocycles. The second-order valence-electron chi connectivity index (χ2n) is 10.9. The van der Waals surface area contributed by atoms with Crippen LogP contribution >= 0.6 is 11.6 Å². The maximum absolute atomic E-state index is 14.6. The van der Waals surface area contributed by atoms with Crippen molar-refractivity contribution in [2.75, 3.05) is 17.4 Å².